The Morgan fingerprint density at radius 3 is 2.56 bits per heavy atom. The topological polar surface area (TPSA) is 71.3 Å². The van der Waals surface area contributed by atoms with Gasteiger partial charge >= 0.3 is 0 Å². The summed E-state index contributed by atoms with van der Waals surface area (Å²) in [5.41, 5.74) is 2.23. The van der Waals surface area contributed by atoms with E-state index in [1.54, 1.807) is 24.3 Å². The number of carbonyl (C=O) groups is 1. The zero-order valence-electron chi connectivity index (χ0n) is 17.3. The first-order valence-corrected chi connectivity index (χ1v) is 10.8. The summed E-state index contributed by atoms with van der Waals surface area (Å²) >= 11 is 2.09. The maximum Gasteiger partial charge on any atom is 0.262 e. The third kappa shape index (κ3) is 6.31. The number of methoxy groups -OCH3 is 1. The molecule has 0 heterocycles. The van der Waals surface area contributed by atoms with Crippen LogP contribution in [0.2, 0.25) is 0 Å². The van der Waals surface area contributed by atoms with Crippen LogP contribution in [0, 0.1) is 20.7 Å². The van der Waals surface area contributed by atoms with Crippen molar-refractivity contribution in [1.29, 1.82) is 5.26 Å². The number of carbonyl (C=O) groups excluding carboxylic acids is 1. The Labute approximate surface area is 199 Å². The summed E-state index contributed by atoms with van der Waals surface area (Å²) in [5, 5.41) is 12.2. The number of nitriles is 1. The van der Waals surface area contributed by atoms with Crippen molar-refractivity contribution < 1.29 is 18.7 Å². The Morgan fingerprint density at radius 2 is 1.88 bits per heavy atom. The van der Waals surface area contributed by atoms with Crippen molar-refractivity contribution in [3.8, 4) is 17.6 Å². The quantitative estimate of drug-likeness (QED) is 0.240. The van der Waals surface area contributed by atoms with Crippen LogP contribution in [0.4, 0.5) is 4.39 Å². The number of halogens is 2. The average Bonchev–Trinajstić information content (AvgIpc) is 2.80. The van der Waals surface area contributed by atoms with Gasteiger partial charge in [-0.15, -0.1) is 0 Å². The molecule has 0 aliphatic carbocycles. The van der Waals surface area contributed by atoms with Crippen LogP contribution >= 0.6 is 22.6 Å². The molecule has 32 heavy (non-hydrogen) atoms. The molecular weight excluding hydrogens is 522 g/mol. The molecule has 0 radical (unpaired) electrons. The molecule has 0 atom stereocenters. The minimum atomic E-state index is -0.461. The van der Waals surface area contributed by atoms with Gasteiger partial charge in [-0.3, -0.25) is 4.79 Å². The van der Waals surface area contributed by atoms with E-state index < -0.39 is 5.91 Å². The van der Waals surface area contributed by atoms with E-state index in [0.717, 1.165) is 9.13 Å². The van der Waals surface area contributed by atoms with Gasteiger partial charge in [-0.05, 0) is 69.6 Å². The molecule has 0 aliphatic heterocycles. The Bertz CT molecular complexity index is 1170. The SMILES string of the molecule is COc1cc(/C=C(/C#N)C(=O)NCc2ccccc2)cc(I)c1OCc1cccc(F)c1. The van der Waals surface area contributed by atoms with Gasteiger partial charge in [0, 0.05) is 6.54 Å². The molecule has 1 N–H and O–H groups in total. The van der Waals surface area contributed by atoms with Gasteiger partial charge in [0.15, 0.2) is 11.5 Å². The minimum Gasteiger partial charge on any atom is -0.493 e. The number of amides is 1. The van der Waals surface area contributed by atoms with E-state index >= 15 is 0 Å². The standard InChI is InChI=1S/C25H20FIN2O3/c1-31-23-13-19(10-20(14-28)25(30)29-15-17-6-3-2-4-7-17)12-22(27)24(23)32-16-18-8-5-9-21(26)11-18/h2-13H,15-16H2,1H3,(H,29,30)/b20-10-. The summed E-state index contributed by atoms with van der Waals surface area (Å²) in [4.78, 5) is 12.5. The summed E-state index contributed by atoms with van der Waals surface area (Å²) in [6, 6.07) is 21.0. The molecule has 0 spiro atoms. The van der Waals surface area contributed by atoms with Crippen molar-refractivity contribution in [3.63, 3.8) is 0 Å². The van der Waals surface area contributed by atoms with Crippen molar-refractivity contribution in [1.82, 2.24) is 5.32 Å². The van der Waals surface area contributed by atoms with Crippen LogP contribution in [0.3, 0.4) is 0 Å². The summed E-state index contributed by atoms with van der Waals surface area (Å²) in [6.07, 6.45) is 1.50. The third-order valence-electron chi connectivity index (χ3n) is 4.50. The highest BCUT2D eigenvalue weighted by Gasteiger charge is 2.14. The van der Waals surface area contributed by atoms with E-state index in [0.29, 0.717) is 29.2 Å². The number of ether oxygens (including phenoxy) is 2. The second kappa shape index (κ2) is 11.3. The van der Waals surface area contributed by atoms with Crippen molar-refractivity contribution >= 4 is 34.6 Å². The second-order valence-corrected chi connectivity index (χ2v) is 7.95. The van der Waals surface area contributed by atoms with Gasteiger partial charge in [-0.25, -0.2) is 4.39 Å². The lowest BCUT2D eigenvalue weighted by Crippen LogP contribution is -2.23. The van der Waals surface area contributed by atoms with Crippen molar-refractivity contribution in [2.24, 2.45) is 0 Å². The predicted octanol–water partition coefficient (Wildman–Crippen LogP) is 5.24. The molecule has 7 heteroatoms. The predicted molar refractivity (Wildman–Crippen MR) is 128 cm³/mol. The van der Waals surface area contributed by atoms with E-state index in [4.69, 9.17) is 9.47 Å². The Balaban J connectivity index is 1.76. The highest BCUT2D eigenvalue weighted by Crippen LogP contribution is 2.35. The van der Waals surface area contributed by atoms with E-state index in [-0.39, 0.29) is 18.0 Å². The summed E-state index contributed by atoms with van der Waals surface area (Å²) in [6.45, 7) is 0.497. The minimum absolute atomic E-state index is 0.0211. The lowest BCUT2D eigenvalue weighted by molar-refractivity contribution is -0.117. The van der Waals surface area contributed by atoms with E-state index in [1.807, 2.05) is 36.4 Å². The van der Waals surface area contributed by atoms with Crippen molar-refractivity contribution in [2.45, 2.75) is 13.2 Å². The molecule has 5 nitrogen and oxygen atoms in total. The first-order chi connectivity index (χ1) is 15.5. The second-order valence-electron chi connectivity index (χ2n) is 6.79. The molecule has 3 aromatic rings. The first-order valence-electron chi connectivity index (χ1n) is 9.69. The average molecular weight is 542 g/mol. The van der Waals surface area contributed by atoms with Gasteiger partial charge in [0.25, 0.3) is 5.91 Å². The molecule has 3 aromatic carbocycles. The summed E-state index contributed by atoms with van der Waals surface area (Å²) < 4.78 is 25.4. The Kier molecular flexibility index (Phi) is 8.22. The fourth-order valence-electron chi connectivity index (χ4n) is 2.93. The lowest BCUT2D eigenvalue weighted by atomic mass is 10.1. The van der Waals surface area contributed by atoms with Gasteiger partial charge in [-0.2, -0.15) is 5.26 Å². The summed E-state index contributed by atoms with van der Waals surface area (Å²) in [5.74, 6) is 0.155. The molecule has 0 fully saturated rings. The maximum atomic E-state index is 13.4. The molecule has 0 saturated heterocycles. The molecule has 0 aromatic heterocycles. The van der Waals surface area contributed by atoms with Crippen LogP contribution in [0.25, 0.3) is 6.08 Å². The highest BCUT2D eigenvalue weighted by molar-refractivity contribution is 14.1. The molecule has 162 valence electrons. The number of nitrogens with zero attached hydrogens (tertiary/aromatic N) is 1. The number of nitrogens with one attached hydrogen (secondary N) is 1. The van der Waals surface area contributed by atoms with Gasteiger partial charge in [0.2, 0.25) is 0 Å². The fourth-order valence-corrected chi connectivity index (χ4v) is 3.72. The van der Waals surface area contributed by atoms with Gasteiger partial charge in [0.1, 0.15) is 24.1 Å². The van der Waals surface area contributed by atoms with Crippen LogP contribution in [0.5, 0.6) is 11.5 Å². The van der Waals surface area contributed by atoms with Gasteiger partial charge in [-0.1, -0.05) is 42.5 Å². The Morgan fingerprint density at radius 1 is 1.12 bits per heavy atom. The van der Waals surface area contributed by atoms with Crippen LogP contribution in [-0.2, 0) is 17.9 Å². The smallest absolute Gasteiger partial charge is 0.262 e. The highest BCUT2D eigenvalue weighted by atomic mass is 127. The van der Waals surface area contributed by atoms with Gasteiger partial charge < -0.3 is 14.8 Å². The fraction of sp³-hybridized carbons (Fsp3) is 0.120. The van der Waals surface area contributed by atoms with Crippen LogP contribution in [0.1, 0.15) is 16.7 Å². The molecule has 0 bridgehead atoms. The monoisotopic (exact) mass is 542 g/mol. The van der Waals surface area contributed by atoms with Crippen LogP contribution < -0.4 is 14.8 Å². The largest absolute Gasteiger partial charge is 0.493 e. The molecular formula is C25H20FIN2O3. The maximum absolute atomic E-state index is 13.4. The molecule has 0 aliphatic rings. The van der Waals surface area contributed by atoms with E-state index in [1.165, 1.54) is 25.3 Å². The molecule has 3 rings (SSSR count). The van der Waals surface area contributed by atoms with E-state index in [9.17, 15) is 14.4 Å². The molecule has 1 amide bonds. The first kappa shape index (κ1) is 23.3. The number of hydrogen-bond donors (Lipinski definition) is 1. The zero-order chi connectivity index (χ0) is 22.9. The number of benzene rings is 3. The van der Waals surface area contributed by atoms with E-state index in [2.05, 4.69) is 27.9 Å². The zero-order valence-corrected chi connectivity index (χ0v) is 19.4. The van der Waals surface area contributed by atoms with Crippen LogP contribution in [-0.4, -0.2) is 13.0 Å². The van der Waals surface area contributed by atoms with Crippen LogP contribution in [0.15, 0.2) is 72.3 Å². The van der Waals surface area contributed by atoms with Crippen molar-refractivity contribution in [2.75, 3.05) is 7.11 Å². The normalized spacial score (nSPS) is 10.9. The molecule has 0 unspecified atom stereocenters. The third-order valence-corrected chi connectivity index (χ3v) is 5.30. The lowest BCUT2D eigenvalue weighted by Gasteiger charge is -2.14. The molecule has 0 saturated carbocycles. The summed E-state index contributed by atoms with van der Waals surface area (Å²) in [7, 11) is 1.51. The van der Waals surface area contributed by atoms with Gasteiger partial charge in [0.05, 0.1) is 10.7 Å². The number of hydrogen-bond acceptors (Lipinski definition) is 4. The Hall–Kier alpha value is -3.38. The van der Waals surface area contributed by atoms with Crippen molar-refractivity contribution in [3.05, 3.63) is 98.4 Å². The number of rotatable bonds is 8.